The summed E-state index contributed by atoms with van der Waals surface area (Å²) in [5.41, 5.74) is 0.461. The minimum Gasteiger partial charge on any atom is -0.493 e. The van der Waals surface area contributed by atoms with Crippen molar-refractivity contribution in [3.63, 3.8) is 0 Å². The van der Waals surface area contributed by atoms with Crippen LogP contribution in [0.3, 0.4) is 0 Å². The molecule has 0 aliphatic heterocycles. The predicted molar refractivity (Wildman–Crippen MR) is 109 cm³/mol. The first-order chi connectivity index (χ1) is 13.9. The molecule has 1 N–H and O–H groups in total. The van der Waals surface area contributed by atoms with Gasteiger partial charge in [-0.15, -0.1) is 0 Å². The van der Waals surface area contributed by atoms with Gasteiger partial charge in [0.25, 0.3) is 0 Å². The van der Waals surface area contributed by atoms with Gasteiger partial charge in [-0.25, -0.2) is 0 Å². The molecule has 0 saturated heterocycles. The fourth-order valence-electron chi connectivity index (χ4n) is 2.93. The first kappa shape index (κ1) is 19.9. The van der Waals surface area contributed by atoms with E-state index in [1.54, 1.807) is 30.3 Å². The number of benzene rings is 2. The van der Waals surface area contributed by atoms with Gasteiger partial charge in [0.05, 0.1) is 19.9 Å². The Hall–Kier alpha value is -3.81. The molecule has 1 amide bonds. The highest BCUT2D eigenvalue weighted by molar-refractivity contribution is 5.90. The number of methoxy groups -OCH3 is 2. The van der Waals surface area contributed by atoms with Gasteiger partial charge in [-0.2, -0.15) is 0 Å². The van der Waals surface area contributed by atoms with Crippen LogP contribution < -0.4 is 25.9 Å². The van der Waals surface area contributed by atoms with Gasteiger partial charge in [0.1, 0.15) is 6.54 Å². The summed E-state index contributed by atoms with van der Waals surface area (Å²) >= 11 is 0. The molecule has 1 heterocycles. The summed E-state index contributed by atoms with van der Waals surface area (Å²) in [4.78, 5) is 37.3. The Morgan fingerprint density at radius 3 is 2.38 bits per heavy atom. The SMILES string of the molecule is COc1ccc(NC(=O)Cn2ccn(-c3ccccc3C)c(=O)c2=O)cc1OC. The van der Waals surface area contributed by atoms with Crippen LogP contribution >= 0.6 is 0 Å². The van der Waals surface area contributed by atoms with Gasteiger partial charge in [0.15, 0.2) is 11.5 Å². The second kappa shape index (κ2) is 8.47. The van der Waals surface area contributed by atoms with Crippen molar-refractivity contribution in [1.29, 1.82) is 0 Å². The standard InChI is InChI=1S/C21H21N3O5/c1-14-6-4-5-7-16(14)24-11-10-23(20(26)21(24)27)13-19(25)22-15-8-9-17(28-2)18(12-15)29-3/h4-12H,13H2,1-3H3,(H,22,25). The number of hydrogen-bond acceptors (Lipinski definition) is 5. The van der Waals surface area contributed by atoms with Gasteiger partial charge in [-0.3, -0.25) is 23.5 Å². The predicted octanol–water partition coefficient (Wildman–Crippen LogP) is 1.96. The van der Waals surface area contributed by atoms with Crippen molar-refractivity contribution in [2.45, 2.75) is 13.5 Å². The number of para-hydroxylation sites is 1. The molecular weight excluding hydrogens is 374 g/mol. The number of amides is 1. The third kappa shape index (κ3) is 4.21. The maximum atomic E-state index is 12.5. The molecule has 0 radical (unpaired) electrons. The van der Waals surface area contributed by atoms with E-state index in [9.17, 15) is 14.4 Å². The fourth-order valence-corrected chi connectivity index (χ4v) is 2.93. The van der Waals surface area contributed by atoms with Gasteiger partial charge in [0, 0.05) is 24.1 Å². The van der Waals surface area contributed by atoms with Crippen LogP contribution in [0.25, 0.3) is 5.69 Å². The number of anilines is 1. The summed E-state index contributed by atoms with van der Waals surface area (Å²) in [5.74, 6) is 0.539. The summed E-state index contributed by atoms with van der Waals surface area (Å²) in [5, 5.41) is 2.68. The Morgan fingerprint density at radius 2 is 1.69 bits per heavy atom. The zero-order valence-corrected chi connectivity index (χ0v) is 16.3. The minimum atomic E-state index is -0.779. The molecule has 8 nitrogen and oxygen atoms in total. The van der Waals surface area contributed by atoms with Gasteiger partial charge in [-0.05, 0) is 30.7 Å². The number of aryl methyl sites for hydroxylation is 1. The maximum Gasteiger partial charge on any atom is 0.320 e. The van der Waals surface area contributed by atoms with Crippen LogP contribution in [0, 0.1) is 6.92 Å². The van der Waals surface area contributed by atoms with Crippen LogP contribution in [0.5, 0.6) is 11.5 Å². The van der Waals surface area contributed by atoms with Crippen LogP contribution in [-0.4, -0.2) is 29.3 Å². The van der Waals surface area contributed by atoms with Crippen molar-refractivity contribution in [1.82, 2.24) is 9.13 Å². The van der Waals surface area contributed by atoms with Crippen molar-refractivity contribution in [3.8, 4) is 17.2 Å². The second-order valence-electron chi connectivity index (χ2n) is 6.31. The Bertz CT molecular complexity index is 1160. The maximum absolute atomic E-state index is 12.5. The molecule has 0 bridgehead atoms. The second-order valence-corrected chi connectivity index (χ2v) is 6.31. The number of rotatable bonds is 6. The van der Waals surface area contributed by atoms with Crippen molar-refractivity contribution >= 4 is 11.6 Å². The molecule has 0 aliphatic rings. The fraction of sp³-hybridized carbons (Fsp3) is 0.190. The van der Waals surface area contributed by atoms with Crippen molar-refractivity contribution < 1.29 is 14.3 Å². The highest BCUT2D eigenvalue weighted by Gasteiger charge is 2.12. The summed E-state index contributed by atoms with van der Waals surface area (Å²) in [7, 11) is 3.01. The van der Waals surface area contributed by atoms with E-state index in [-0.39, 0.29) is 6.54 Å². The van der Waals surface area contributed by atoms with E-state index in [2.05, 4.69) is 5.32 Å². The van der Waals surface area contributed by atoms with Crippen molar-refractivity contribution in [2.75, 3.05) is 19.5 Å². The molecule has 8 heteroatoms. The monoisotopic (exact) mass is 395 g/mol. The van der Waals surface area contributed by atoms with E-state index in [0.29, 0.717) is 22.9 Å². The topological polar surface area (TPSA) is 91.6 Å². The Morgan fingerprint density at radius 1 is 0.966 bits per heavy atom. The van der Waals surface area contributed by atoms with E-state index < -0.39 is 17.0 Å². The Labute approximate surface area is 166 Å². The zero-order chi connectivity index (χ0) is 21.0. The largest absolute Gasteiger partial charge is 0.493 e. The van der Waals surface area contributed by atoms with Crippen molar-refractivity contribution in [3.05, 3.63) is 81.1 Å². The molecular formula is C21H21N3O5. The normalized spacial score (nSPS) is 10.4. The third-order valence-electron chi connectivity index (χ3n) is 4.41. The van der Waals surface area contributed by atoms with E-state index in [1.807, 2.05) is 19.1 Å². The third-order valence-corrected chi connectivity index (χ3v) is 4.41. The average Bonchev–Trinajstić information content (AvgIpc) is 2.72. The molecule has 0 aliphatic carbocycles. The lowest BCUT2D eigenvalue weighted by Gasteiger charge is -2.12. The summed E-state index contributed by atoms with van der Waals surface area (Å²) in [6.07, 6.45) is 2.90. The van der Waals surface area contributed by atoms with E-state index in [1.165, 1.54) is 31.2 Å². The number of ether oxygens (including phenoxy) is 2. The molecule has 0 saturated carbocycles. The summed E-state index contributed by atoms with van der Waals surface area (Å²) in [6, 6.07) is 12.2. The van der Waals surface area contributed by atoms with E-state index >= 15 is 0 Å². The molecule has 0 unspecified atom stereocenters. The van der Waals surface area contributed by atoms with E-state index in [0.717, 1.165) is 10.1 Å². The number of nitrogens with one attached hydrogen (secondary N) is 1. The smallest absolute Gasteiger partial charge is 0.320 e. The zero-order valence-electron chi connectivity index (χ0n) is 16.3. The van der Waals surface area contributed by atoms with Crippen LogP contribution in [0.15, 0.2) is 64.4 Å². The lowest BCUT2D eigenvalue weighted by Crippen LogP contribution is -2.41. The first-order valence-electron chi connectivity index (χ1n) is 8.84. The number of nitrogens with zero attached hydrogens (tertiary/aromatic N) is 2. The number of carbonyl (C=O) groups excluding carboxylic acids is 1. The Kier molecular flexibility index (Phi) is 5.82. The van der Waals surface area contributed by atoms with Crippen LogP contribution in [0.4, 0.5) is 5.69 Å². The molecule has 29 heavy (non-hydrogen) atoms. The molecule has 1 aromatic heterocycles. The quantitative estimate of drug-likeness (QED) is 0.645. The van der Waals surface area contributed by atoms with Crippen molar-refractivity contribution in [2.24, 2.45) is 0 Å². The van der Waals surface area contributed by atoms with Gasteiger partial charge < -0.3 is 14.8 Å². The highest BCUT2D eigenvalue weighted by Crippen LogP contribution is 2.29. The number of aromatic nitrogens is 2. The first-order valence-corrected chi connectivity index (χ1v) is 8.84. The molecule has 0 fully saturated rings. The summed E-state index contributed by atoms with van der Waals surface area (Å²) in [6.45, 7) is 1.56. The average molecular weight is 395 g/mol. The number of carbonyl (C=O) groups is 1. The molecule has 0 spiro atoms. The van der Waals surface area contributed by atoms with Crippen LogP contribution in [-0.2, 0) is 11.3 Å². The Balaban J connectivity index is 1.81. The van der Waals surface area contributed by atoms with Gasteiger partial charge in [0.2, 0.25) is 5.91 Å². The molecule has 3 aromatic rings. The molecule has 3 rings (SSSR count). The van der Waals surface area contributed by atoms with Crippen LogP contribution in [0.1, 0.15) is 5.56 Å². The van der Waals surface area contributed by atoms with Crippen LogP contribution in [0.2, 0.25) is 0 Å². The number of hydrogen-bond donors (Lipinski definition) is 1. The van der Waals surface area contributed by atoms with E-state index in [4.69, 9.17) is 9.47 Å². The molecule has 0 atom stereocenters. The molecule has 2 aromatic carbocycles. The van der Waals surface area contributed by atoms with Gasteiger partial charge >= 0.3 is 11.1 Å². The highest BCUT2D eigenvalue weighted by atomic mass is 16.5. The van der Waals surface area contributed by atoms with Gasteiger partial charge in [-0.1, -0.05) is 18.2 Å². The summed E-state index contributed by atoms with van der Waals surface area (Å²) < 4.78 is 12.7. The molecule has 150 valence electrons. The minimum absolute atomic E-state index is 0.295. The lowest BCUT2D eigenvalue weighted by molar-refractivity contribution is -0.116. The lowest BCUT2D eigenvalue weighted by atomic mass is 10.2.